The number of amides is 1. The molecule has 0 radical (unpaired) electrons. The summed E-state index contributed by atoms with van der Waals surface area (Å²) in [6, 6.07) is 2.36. The van der Waals surface area contributed by atoms with Crippen molar-refractivity contribution in [1.82, 2.24) is 15.1 Å². The van der Waals surface area contributed by atoms with E-state index in [1.807, 2.05) is 0 Å². The first-order valence-electron chi connectivity index (χ1n) is 7.14. The molecule has 0 unspecified atom stereocenters. The fourth-order valence-electron chi connectivity index (χ4n) is 1.86. The summed E-state index contributed by atoms with van der Waals surface area (Å²) in [6.07, 6.45) is -4.62. The fraction of sp³-hybridized carbons (Fsp3) is 0.429. The maximum Gasteiger partial charge on any atom is 0.433 e. The summed E-state index contributed by atoms with van der Waals surface area (Å²) in [5.41, 5.74) is -1.08. The predicted octanol–water partition coefficient (Wildman–Crippen LogP) is 1.93. The highest BCUT2D eigenvalue weighted by Crippen LogP contribution is 2.30. The number of aromatic nitrogens is 3. The molecule has 1 amide bonds. The quantitative estimate of drug-likeness (QED) is 0.874. The maximum atomic E-state index is 13.0. The minimum atomic E-state index is -4.62. The third kappa shape index (κ3) is 4.81. The van der Waals surface area contributed by atoms with Gasteiger partial charge in [0.25, 0.3) is 0 Å². The molecule has 25 heavy (non-hydrogen) atoms. The average Bonchev–Trinajstić information content (AvgIpc) is 2.90. The molecule has 0 aliphatic rings. The lowest BCUT2D eigenvalue weighted by Crippen LogP contribution is -2.32. The van der Waals surface area contributed by atoms with Crippen LogP contribution < -0.4 is 15.1 Å². The van der Waals surface area contributed by atoms with Crippen LogP contribution >= 0.6 is 0 Å². The van der Waals surface area contributed by atoms with E-state index in [4.69, 9.17) is 4.52 Å². The standard InChI is InChI=1S/C14H17F3N6O2/c1-8-5-10(21-25-8)19-12(24)7-23(4)13-18-9(14(15,16)17)6-11(20-13)22(2)3/h5-6H,7H2,1-4H3,(H,19,21,24). The monoisotopic (exact) mass is 358 g/mol. The number of rotatable bonds is 5. The molecule has 0 fully saturated rings. The van der Waals surface area contributed by atoms with Crippen LogP contribution in [-0.2, 0) is 11.0 Å². The van der Waals surface area contributed by atoms with Gasteiger partial charge in [0.15, 0.2) is 11.5 Å². The van der Waals surface area contributed by atoms with E-state index in [9.17, 15) is 18.0 Å². The van der Waals surface area contributed by atoms with Gasteiger partial charge >= 0.3 is 6.18 Å². The van der Waals surface area contributed by atoms with Crippen molar-refractivity contribution < 1.29 is 22.5 Å². The number of nitrogens with zero attached hydrogens (tertiary/aromatic N) is 5. The Morgan fingerprint density at radius 3 is 2.44 bits per heavy atom. The van der Waals surface area contributed by atoms with Gasteiger partial charge in [-0.15, -0.1) is 0 Å². The normalized spacial score (nSPS) is 11.3. The number of likely N-dealkylation sites (N-methyl/N-ethyl adjacent to an activating group) is 1. The second kappa shape index (κ2) is 6.95. The SMILES string of the molecule is Cc1cc(NC(=O)CN(C)c2nc(N(C)C)cc(C(F)(F)F)n2)no1. The third-order valence-corrected chi connectivity index (χ3v) is 3.07. The van der Waals surface area contributed by atoms with Crippen LogP contribution in [0.2, 0.25) is 0 Å². The Morgan fingerprint density at radius 1 is 1.24 bits per heavy atom. The van der Waals surface area contributed by atoms with E-state index in [1.54, 1.807) is 21.0 Å². The van der Waals surface area contributed by atoms with Crippen molar-refractivity contribution in [2.75, 3.05) is 42.8 Å². The topological polar surface area (TPSA) is 87.4 Å². The first kappa shape index (κ1) is 18.5. The summed E-state index contributed by atoms with van der Waals surface area (Å²) in [4.78, 5) is 22.2. The first-order valence-corrected chi connectivity index (χ1v) is 7.14. The number of hydrogen-bond donors (Lipinski definition) is 1. The highest BCUT2D eigenvalue weighted by molar-refractivity contribution is 5.92. The number of hydrogen-bond acceptors (Lipinski definition) is 7. The Morgan fingerprint density at radius 2 is 1.92 bits per heavy atom. The Labute approximate surface area is 141 Å². The molecule has 0 bridgehead atoms. The van der Waals surface area contributed by atoms with Gasteiger partial charge in [-0.25, -0.2) is 4.98 Å². The van der Waals surface area contributed by atoms with Gasteiger partial charge in [0.2, 0.25) is 11.9 Å². The van der Waals surface area contributed by atoms with Crippen molar-refractivity contribution in [3.63, 3.8) is 0 Å². The van der Waals surface area contributed by atoms with E-state index in [1.165, 1.54) is 22.9 Å². The van der Waals surface area contributed by atoms with E-state index in [0.717, 1.165) is 6.07 Å². The van der Waals surface area contributed by atoms with Crippen molar-refractivity contribution in [3.05, 3.63) is 23.6 Å². The number of anilines is 3. The molecule has 0 aliphatic carbocycles. The molecule has 0 aromatic carbocycles. The molecule has 2 rings (SSSR count). The zero-order chi connectivity index (χ0) is 18.8. The molecule has 2 aromatic rings. The summed E-state index contributed by atoms with van der Waals surface area (Å²) in [5.74, 6) is 0.0975. The highest BCUT2D eigenvalue weighted by atomic mass is 19.4. The third-order valence-electron chi connectivity index (χ3n) is 3.07. The predicted molar refractivity (Wildman–Crippen MR) is 84.5 cm³/mol. The minimum absolute atomic E-state index is 0.0803. The van der Waals surface area contributed by atoms with Crippen LogP contribution in [0.4, 0.5) is 30.8 Å². The average molecular weight is 358 g/mol. The molecule has 2 heterocycles. The van der Waals surface area contributed by atoms with E-state index >= 15 is 0 Å². The van der Waals surface area contributed by atoms with E-state index in [-0.39, 0.29) is 24.1 Å². The number of aryl methyl sites for hydroxylation is 1. The van der Waals surface area contributed by atoms with Gasteiger partial charge in [-0.05, 0) is 6.92 Å². The molecule has 0 spiro atoms. The summed E-state index contributed by atoms with van der Waals surface area (Å²) in [7, 11) is 4.54. The van der Waals surface area contributed by atoms with Crippen LogP contribution in [0, 0.1) is 6.92 Å². The Bertz CT molecular complexity index is 759. The molecule has 1 N–H and O–H groups in total. The van der Waals surface area contributed by atoms with E-state index in [2.05, 4.69) is 20.4 Å². The summed E-state index contributed by atoms with van der Waals surface area (Å²) < 4.78 is 43.8. The molecular formula is C14H17F3N6O2. The first-order chi connectivity index (χ1) is 11.6. The van der Waals surface area contributed by atoms with Crippen LogP contribution in [0.5, 0.6) is 0 Å². The molecule has 0 saturated heterocycles. The van der Waals surface area contributed by atoms with Crippen LogP contribution in [-0.4, -0.2) is 48.7 Å². The fourth-order valence-corrected chi connectivity index (χ4v) is 1.86. The van der Waals surface area contributed by atoms with Crippen LogP contribution in [0.15, 0.2) is 16.7 Å². The lowest BCUT2D eigenvalue weighted by atomic mass is 10.3. The lowest BCUT2D eigenvalue weighted by molar-refractivity contribution is -0.141. The number of carbonyl (C=O) groups is 1. The number of carbonyl (C=O) groups excluding carboxylic acids is 1. The molecule has 8 nitrogen and oxygen atoms in total. The number of halogens is 3. The second-order valence-corrected chi connectivity index (χ2v) is 5.53. The molecule has 11 heteroatoms. The Balaban J connectivity index is 2.18. The van der Waals surface area contributed by atoms with Gasteiger partial charge in [0, 0.05) is 33.3 Å². The van der Waals surface area contributed by atoms with Gasteiger partial charge in [-0.3, -0.25) is 4.79 Å². The number of nitrogens with one attached hydrogen (secondary N) is 1. The van der Waals surface area contributed by atoms with Crippen LogP contribution in [0.3, 0.4) is 0 Å². The van der Waals surface area contributed by atoms with Gasteiger partial charge in [-0.1, -0.05) is 5.16 Å². The van der Waals surface area contributed by atoms with Crippen LogP contribution in [0.25, 0.3) is 0 Å². The molecule has 2 aromatic heterocycles. The summed E-state index contributed by atoms with van der Waals surface area (Å²) >= 11 is 0. The van der Waals surface area contributed by atoms with Gasteiger partial charge < -0.3 is 19.6 Å². The van der Waals surface area contributed by atoms with Crippen molar-refractivity contribution in [2.24, 2.45) is 0 Å². The van der Waals surface area contributed by atoms with Crippen molar-refractivity contribution in [2.45, 2.75) is 13.1 Å². The molecule has 0 aliphatic heterocycles. The van der Waals surface area contributed by atoms with Gasteiger partial charge in [-0.2, -0.15) is 18.2 Å². The number of alkyl halides is 3. The summed E-state index contributed by atoms with van der Waals surface area (Å²) in [6.45, 7) is 1.40. The van der Waals surface area contributed by atoms with Crippen molar-refractivity contribution in [3.8, 4) is 0 Å². The maximum absolute atomic E-state index is 13.0. The smallest absolute Gasteiger partial charge is 0.363 e. The molecule has 0 saturated carbocycles. The zero-order valence-corrected chi connectivity index (χ0v) is 14.0. The minimum Gasteiger partial charge on any atom is -0.363 e. The molecular weight excluding hydrogens is 341 g/mol. The zero-order valence-electron chi connectivity index (χ0n) is 14.0. The second-order valence-electron chi connectivity index (χ2n) is 5.53. The van der Waals surface area contributed by atoms with Crippen molar-refractivity contribution in [1.29, 1.82) is 0 Å². The Kier molecular flexibility index (Phi) is 5.14. The van der Waals surface area contributed by atoms with Gasteiger partial charge in [0.05, 0.1) is 6.54 Å². The largest absolute Gasteiger partial charge is 0.433 e. The van der Waals surface area contributed by atoms with E-state index in [0.29, 0.717) is 5.76 Å². The molecule has 0 atom stereocenters. The highest BCUT2D eigenvalue weighted by Gasteiger charge is 2.34. The summed E-state index contributed by atoms with van der Waals surface area (Å²) in [5, 5.41) is 6.08. The van der Waals surface area contributed by atoms with E-state index < -0.39 is 17.8 Å². The molecule has 136 valence electrons. The van der Waals surface area contributed by atoms with Crippen molar-refractivity contribution >= 4 is 23.5 Å². The van der Waals surface area contributed by atoms with Gasteiger partial charge in [0.1, 0.15) is 11.6 Å². The lowest BCUT2D eigenvalue weighted by Gasteiger charge is -2.20. The Hall–Kier alpha value is -2.85. The van der Waals surface area contributed by atoms with Crippen LogP contribution in [0.1, 0.15) is 11.5 Å².